The zero-order valence-corrected chi connectivity index (χ0v) is 23.7. The first-order valence-corrected chi connectivity index (χ1v) is 15.0. The second kappa shape index (κ2) is 11.4. The number of fused-ring (bicyclic) bond motifs is 2. The van der Waals surface area contributed by atoms with Crippen molar-refractivity contribution in [2.45, 2.75) is 44.2 Å². The van der Waals surface area contributed by atoms with Gasteiger partial charge in [-0.1, -0.05) is 24.3 Å². The number of aromatic nitrogens is 5. The van der Waals surface area contributed by atoms with Gasteiger partial charge in [-0.05, 0) is 55.5 Å². The maximum Gasteiger partial charge on any atom is 0.164 e. The number of aliphatic hydroxyl groups is 1. The third-order valence-electron chi connectivity index (χ3n) is 9.16. The zero-order valence-electron chi connectivity index (χ0n) is 23.7. The topological polar surface area (TPSA) is 112 Å². The number of H-pyrrole nitrogens is 1. The summed E-state index contributed by atoms with van der Waals surface area (Å²) < 4.78 is 16.3. The first-order valence-electron chi connectivity index (χ1n) is 15.0. The van der Waals surface area contributed by atoms with E-state index in [1.54, 1.807) is 6.07 Å². The molecule has 42 heavy (non-hydrogen) atoms. The van der Waals surface area contributed by atoms with Gasteiger partial charge >= 0.3 is 0 Å². The lowest BCUT2D eigenvalue weighted by molar-refractivity contribution is 0.0629. The molecule has 1 aliphatic carbocycles. The average Bonchev–Trinajstić information content (AvgIpc) is 3.61. The Morgan fingerprint density at radius 3 is 2.52 bits per heavy atom. The smallest absolute Gasteiger partial charge is 0.164 e. The minimum absolute atomic E-state index is 0.195. The van der Waals surface area contributed by atoms with Gasteiger partial charge in [0.25, 0.3) is 0 Å². The van der Waals surface area contributed by atoms with Crippen molar-refractivity contribution < 1.29 is 9.50 Å². The van der Waals surface area contributed by atoms with Crippen molar-refractivity contribution >= 4 is 27.8 Å². The fourth-order valence-electron chi connectivity index (χ4n) is 6.90. The highest BCUT2D eigenvalue weighted by Crippen LogP contribution is 2.38. The molecule has 5 aromatic rings. The van der Waals surface area contributed by atoms with Gasteiger partial charge in [0.05, 0.1) is 18.0 Å². The van der Waals surface area contributed by atoms with E-state index in [1.165, 1.54) is 12.4 Å². The summed E-state index contributed by atoms with van der Waals surface area (Å²) in [6.45, 7) is 5.19. The molecule has 1 saturated carbocycles. The van der Waals surface area contributed by atoms with E-state index in [0.29, 0.717) is 23.8 Å². The third-order valence-corrected chi connectivity index (χ3v) is 9.16. The highest BCUT2D eigenvalue weighted by Gasteiger charge is 2.31. The van der Waals surface area contributed by atoms with Crippen LogP contribution in [0.2, 0.25) is 0 Å². The minimum atomic E-state index is -0.195. The summed E-state index contributed by atoms with van der Waals surface area (Å²) in [5.74, 6) is 0.240. The number of benzene rings is 2. The van der Waals surface area contributed by atoms with Crippen molar-refractivity contribution in [3.8, 4) is 11.3 Å². The summed E-state index contributed by atoms with van der Waals surface area (Å²) in [5.41, 5.74) is 11.6. The number of rotatable bonds is 7. The summed E-state index contributed by atoms with van der Waals surface area (Å²) in [6.07, 6.45) is 6.36. The summed E-state index contributed by atoms with van der Waals surface area (Å²) >= 11 is 0. The molecule has 4 heterocycles. The highest BCUT2D eigenvalue weighted by atomic mass is 19.1. The van der Waals surface area contributed by atoms with Gasteiger partial charge in [-0.3, -0.25) is 9.80 Å². The minimum Gasteiger partial charge on any atom is -0.395 e. The average molecular weight is 569 g/mol. The van der Waals surface area contributed by atoms with Crippen LogP contribution < -0.4 is 5.73 Å². The quantitative estimate of drug-likeness (QED) is 0.267. The number of halogens is 1. The van der Waals surface area contributed by atoms with Gasteiger partial charge in [0, 0.05) is 67.3 Å². The molecule has 0 atom stereocenters. The van der Waals surface area contributed by atoms with E-state index in [1.807, 2.05) is 18.2 Å². The van der Waals surface area contributed by atoms with Crippen LogP contribution >= 0.6 is 0 Å². The van der Waals surface area contributed by atoms with Crippen LogP contribution in [0.4, 0.5) is 10.2 Å². The summed E-state index contributed by atoms with van der Waals surface area (Å²) in [7, 11) is 0. The molecule has 0 spiro atoms. The predicted molar refractivity (Wildman–Crippen MR) is 163 cm³/mol. The van der Waals surface area contributed by atoms with Gasteiger partial charge in [0.2, 0.25) is 0 Å². The van der Waals surface area contributed by atoms with Gasteiger partial charge in [0.1, 0.15) is 23.7 Å². The Labute approximate surface area is 244 Å². The fraction of sp³-hybridized carbons (Fsp3) is 0.406. The van der Waals surface area contributed by atoms with Crippen molar-refractivity contribution in [3.63, 3.8) is 0 Å². The number of piperazine rings is 1. The number of hydrogen-bond donors (Lipinski definition) is 3. The van der Waals surface area contributed by atoms with Crippen LogP contribution in [0, 0.1) is 5.82 Å². The second-order valence-electron chi connectivity index (χ2n) is 11.7. The molecule has 1 aliphatic heterocycles. The molecule has 0 radical (unpaired) electrons. The lowest BCUT2D eigenvalue weighted by atomic mass is 9.90. The maximum atomic E-state index is 14.3. The Balaban J connectivity index is 1.13. The second-order valence-corrected chi connectivity index (χ2v) is 11.7. The SMILES string of the molecule is Nc1ncnc2c1c(-c1ccc3[nH]c(Cc4ccccc4F)cc3c1)nn2[C@H]1CC[C@@H](N2CCN(CCO)CC2)CC1. The molecule has 10 heteroatoms. The Morgan fingerprint density at radius 2 is 1.74 bits per heavy atom. The van der Waals surface area contributed by atoms with Crippen molar-refractivity contribution in [3.05, 3.63) is 71.9 Å². The van der Waals surface area contributed by atoms with Crippen LogP contribution in [0.3, 0.4) is 0 Å². The molecule has 2 aliphatic rings. The summed E-state index contributed by atoms with van der Waals surface area (Å²) in [6, 6.07) is 16.0. The molecule has 4 N–H and O–H groups in total. The Bertz CT molecular complexity index is 1700. The normalized spacial score (nSPS) is 20.5. The molecular formula is C32H37FN8O. The van der Waals surface area contributed by atoms with E-state index < -0.39 is 0 Å². The molecule has 0 bridgehead atoms. The van der Waals surface area contributed by atoms with Crippen molar-refractivity contribution in [1.82, 2.24) is 34.5 Å². The van der Waals surface area contributed by atoms with Crippen molar-refractivity contribution in [1.29, 1.82) is 0 Å². The Hall–Kier alpha value is -3.86. The van der Waals surface area contributed by atoms with Gasteiger partial charge in [-0.25, -0.2) is 19.0 Å². The first kappa shape index (κ1) is 27.0. The van der Waals surface area contributed by atoms with E-state index in [-0.39, 0.29) is 18.5 Å². The largest absolute Gasteiger partial charge is 0.395 e. The van der Waals surface area contributed by atoms with Gasteiger partial charge < -0.3 is 15.8 Å². The van der Waals surface area contributed by atoms with Crippen LogP contribution in [0.25, 0.3) is 33.2 Å². The first-order chi connectivity index (χ1) is 20.6. The molecule has 218 valence electrons. The molecule has 0 amide bonds. The molecule has 9 nitrogen and oxygen atoms in total. The predicted octanol–water partition coefficient (Wildman–Crippen LogP) is 4.38. The molecule has 2 aromatic carbocycles. The van der Waals surface area contributed by atoms with Crippen LogP contribution in [-0.4, -0.2) is 85.0 Å². The number of β-amino-alcohol motifs (C(OH)–C–C–N with tert-alkyl or cyclic N) is 1. The lowest BCUT2D eigenvalue weighted by Gasteiger charge is -2.41. The number of aromatic amines is 1. The molecule has 1 saturated heterocycles. The number of hydrogen-bond acceptors (Lipinski definition) is 7. The summed E-state index contributed by atoms with van der Waals surface area (Å²) in [5, 5.41) is 16.2. The van der Waals surface area contributed by atoms with E-state index in [4.69, 9.17) is 10.8 Å². The number of anilines is 1. The highest BCUT2D eigenvalue weighted by molar-refractivity contribution is 6.00. The van der Waals surface area contributed by atoms with E-state index in [9.17, 15) is 9.50 Å². The summed E-state index contributed by atoms with van der Waals surface area (Å²) in [4.78, 5) is 17.4. The van der Waals surface area contributed by atoms with Gasteiger partial charge in [-0.2, -0.15) is 5.10 Å². The monoisotopic (exact) mass is 568 g/mol. The number of aliphatic hydroxyl groups excluding tert-OH is 1. The van der Waals surface area contributed by atoms with Gasteiger partial charge in [-0.15, -0.1) is 0 Å². The lowest BCUT2D eigenvalue weighted by Crippen LogP contribution is -2.51. The van der Waals surface area contributed by atoms with Crippen LogP contribution in [-0.2, 0) is 6.42 Å². The number of nitrogens with two attached hydrogens (primary N) is 1. The molecule has 0 unspecified atom stereocenters. The zero-order chi connectivity index (χ0) is 28.6. The maximum absolute atomic E-state index is 14.3. The van der Waals surface area contributed by atoms with Crippen LogP contribution in [0.15, 0.2) is 54.9 Å². The van der Waals surface area contributed by atoms with Gasteiger partial charge in [0.15, 0.2) is 5.65 Å². The number of nitrogens with one attached hydrogen (secondary N) is 1. The molecular weight excluding hydrogens is 531 g/mol. The molecule has 3 aromatic heterocycles. The third kappa shape index (κ3) is 5.14. The molecule has 7 rings (SSSR count). The number of nitrogen functional groups attached to an aromatic ring is 1. The van der Waals surface area contributed by atoms with Crippen LogP contribution in [0.5, 0.6) is 0 Å². The van der Waals surface area contributed by atoms with E-state index in [0.717, 1.165) is 97.3 Å². The van der Waals surface area contributed by atoms with Crippen LogP contribution in [0.1, 0.15) is 43.0 Å². The number of nitrogens with zero attached hydrogens (tertiary/aromatic N) is 6. The Kier molecular flexibility index (Phi) is 7.35. The fourth-order valence-corrected chi connectivity index (χ4v) is 6.90. The Morgan fingerprint density at radius 1 is 0.952 bits per heavy atom. The molecule has 2 fully saturated rings. The van der Waals surface area contributed by atoms with E-state index >= 15 is 0 Å². The van der Waals surface area contributed by atoms with Crippen molar-refractivity contribution in [2.24, 2.45) is 0 Å². The van der Waals surface area contributed by atoms with Crippen molar-refractivity contribution in [2.75, 3.05) is 45.1 Å². The standard InChI is InChI=1S/C32H37FN8O/c33-27-4-2-1-3-21(27)18-24-19-23-17-22(5-10-28(23)37-24)30-29-31(34)35-20-36-32(29)41(38-30)26-8-6-25(7-9-26)40-13-11-39(12-14-40)15-16-42/h1-5,10,17,19-20,25-26,37,42H,6-9,11-16,18H2,(H2,34,35,36)/t25-,26+. The van der Waals surface area contributed by atoms with E-state index in [2.05, 4.69) is 47.6 Å².